The number of anilines is 1. The minimum Gasteiger partial charge on any atom is -0.493 e. The van der Waals surface area contributed by atoms with Crippen LogP contribution in [0.4, 0.5) is 5.69 Å². The largest absolute Gasteiger partial charge is 0.493 e. The zero-order chi connectivity index (χ0) is 23.1. The van der Waals surface area contributed by atoms with Crippen LogP contribution in [0.5, 0.6) is 11.5 Å². The molecule has 0 aliphatic rings. The Hall–Kier alpha value is -3.10. The summed E-state index contributed by atoms with van der Waals surface area (Å²) in [6.07, 6.45) is 0.767. The molecule has 3 aromatic carbocycles. The average Bonchev–Trinajstić information content (AvgIpc) is 2.77. The molecule has 170 valence electrons. The molecule has 1 N–H and O–H groups in total. The highest BCUT2D eigenvalue weighted by molar-refractivity contribution is 7.89. The molecule has 8 heteroatoms. The number of amides is 1. The van der Waals surface area contributed by atoms with Crippen molar-refractivity contribution in [2.75, 3.05) is 32.6 Å². The molecule has 0 bridgehead atoms. The molecule has 0 saturated heterocycles. The van der Waals surface area contributed by atoms with Gasteiger partial charge in [0.15, 0.2) is 0 Å². The summed E-state index contributed by atoms with van der Waals surface area (Å²) < 4.78 is 37.7. The van der Waals surface area contributed by atoms with Crippen LogP contribution in [0.25, 0.3) is 10.8 Å². The first kappa shape index (κ1) is 23.6. The Morgan fingerprint density at radius 3 is 2.47 bits per heavy atom. The first-order chi connectivity index (χ1) is 15.3. The van der Waals surface area contributed by atoms with E-state index in [4.69, 9.17) is 9.47 Å². The molecule has 0 radical (unpaired) electrons. The lowest BCUT2D eigenvalue weighted by atomic mass is 10.1. The minimum absolute atomic E-state index is 0.0152. The summed E-state index contributed by atoms with van der Waals surface area (Å²) >= 11 is 0. The zero-order valence-electron chi connectivity index (χ0n) is 18.5. The summed E-state index contributed by atoms with van der Waals surface area (Å²) in [6, 6.07) is 18.5. The van der Waals surface area contributed by atoms with E-state index in [0.717, 1.165) is 20.8 Å². The molecular weight excluding hydrogens is 428 g/mol. The highest BCUT2D eigenvalue weighted by Crippen LogP contribution is 2.29. The van der Waals surface area contributed by atoms with Gasteiger partial charge in [-0.2, -0.15) is 0 Å². The van der Waals surface area contributed by atoms with E-state index < -0.39 is 10.0 Å². The van der Waals surface area contributed by atoms with Crippen molar-refractivity contribution in [2.24, 2.45) is 0 Å². The van der Waals surface area contributed by atoms with Crippen molar-refractivity contribution < 1.29 is 22.7 Å². The monoisotopic (exact) mass is 456 g/mol. The Kier molecular flexibility index (Phi) is 7.71. The Balaban J connectivity index is 1.60. The topological polar surface area (TPSA) is 84.9 Å². The number of nitrogens with one attached hydrogen (secondary N) is 1. The highest BCUT2D eigenvalue weighted by Gasteiger charge is 2.23. The fourth-order valence-electron chi connectivity index (χ4n) is 3.22. The lowest BCUT2D eigenvalue weighted by Gasteiger charge is -2.16. The Morgan fingerprint density at radius 2 is 1.72 bits per heavy atom. The van der Waals surface area contributed by atoms with Crippen LogP contribution in [0.2, 0.25) is 0 Å². The molecule has 0 aromatic heterocycles. The van der Waals surface area contributed by atoms with E-state index in [1.807, 2.05) is 42.5 Å². The van der Waals surface area contributed by atoms with Crippen molar-refractivity contribution in [2.45, 2.75) is 24.7 Å². The lowest BCUT2D eigenvalue weighted by molar-refractivity contribution is -0.116. The van der Waals surface area contributed by atoms with Gasteiger partial charge in [0, 0.05) is 31.6 Å². The molecule has 0 spiro atoms. The number of carbonyl (C=O) groups is 1. The summed E-state index contributed by atoms with van der Waals surface area (Å²) in [6.45, 7) is 2.51. The fourth-order valence-corrected chi connectivity index (χ4v) is 4.27. The number of hydrogen-bond acceptors (Lipinski definition) is 5. The van der Waals surface area contributed by atoms with E-state index in [0.29, 0.717) is 25.3 Å². The van der Waals surface area contributed by atoms with Crippen molar-refractivity contribution in [3.8, 4) is 11.5 Å². The van der Waals surface area contributed by atoms with Gasteiger partial charge in [-0.1, -0.05) is 36.4 Å². The molecule has 1 amide bonds. The van der Waals surface area contributed by atoms with Gasteiger partial charge < -0.3 is 14.8 Å². The summed E-state index contributed by atoms with van der Waals surface area (Å²) in [5.41, 5.74) is 0.397. The standard InChI is InChI=1S/C24H28N2O5S/c1-4-30-22-15-14-19(17-23(22)32(28,29)26(2)3)25-24(27)13-8-16-31-21-12-7-10-18-9-5-6-11-20(18)21/h5-7,9-12,14-15,17H,4,8,13,16H2,1-3H3,(H,25,27). The second-order valence-electron chi connectivity index (χ2n) is 7.36. The van der Waals surface area contributed by atoms with E-state index in [9.17, 15) is 13.2 Å². The number of fused-ring (bicyclic) bond motifs is 1. The van der Waals surface area contributed by atoms with E-state index in [1.165, 1.54) is 20.2 Å². The second-order valence-corrected chi connectivity index (χ2v) is 9.48. The molecule has 0 fully saturated rings. The molecule has 0 atom stereocenters. The van der Waals surface area contributed by atoms with Gasteiger partial charge in [-0.3, -0.25) is 4.79 Å². The number of sulfonamides is 1. The quantitative estimate of drug-likeness (QED) is 0.460. The van der Waals surface area contributed by atoms with Crippen molar-refractivity contribution in [1.82, 2.24) is 4.31 Å². The summed E-state index contributed by atoms with van der Waals surface area (Å²) in [5.74, 6) is 0.820. The number of hydrogen-bond donors (Lipinski definition) is 1. The Labute approximate surface area is 189 Å². The van der Waals surface area contributed by atoms with Gasteiger partial charge >= 0.3 is 0 Å². The summed E-state index contributed by atoms with van der Waals surface area (Å²) in [4.78, 5) is 12.4. The third-order valence-corrected chi connectivity index (χ3v) is 6.68. The normalized spacial score (nSPS) is 11.5. The number of carbonyl (C=O) groups excluding carboxylic acids is 1. The van der Waals surface area contributed by atoms with Gasteiger partial charge in [-0.15, -0.1) is 0 Å². The van der Waals surface area contributed by atoms with Crippen molar-refractivity contribution >= 4 is 32.4 Å². The maximum atomic E-state index is 12.6. The molecule has 0 unspecified atom stereocenters. The minimum atomic E-state index is -3.72. The Bertz CT molecular complexity index is 1190. The van der Waals surface area contributed by atoms with Crippen LogP contribution in [-0.2, 0) is 14.8 Å². The Morgan fingerprint density at radius 1 is 0.969 bits per heavy atom. The number of rotatable bonds is 10. The summed E-state index contributed by atoms with van der Waals surface area (Å²) in [5, 5.41) is 4.89. The van der Waals surface area contributed by atoms with Crippen LogP contribution in [0.3, 0.4) is 0 Å². The van der Waals surface area contributed by atoms with E-state index in [1.54, 1.807) is 19.1 Å². The first-order valence-electron chi connectivity index (χ1n) is 10.4. The predicted molar refractivity (Wildman–Crippen MR) is 126 cm³/mol. The van der Waals surface area contributed by atoms with Crippen LogP contribution in [0, 0.1) is 0 Å². The van der Waals surface area contributed by atoms with Crippen LogP contribution in [-0.4, -0.2) is 45.9 Å². The average molecular weight is 457 g/mol. The SMILES string of the molecule is CCOc1ccc(NC(=O)CCCOc2cccc3ccccc23)cc1S(=O)(=O)N(C)C. The van der Waals surface area contributed by atoms with Crippen LogP contribution >= 0.6 is 0 Å². The maximum Gasteiger partial charge on any atom is 0.246 e. The van der Waals surface area contributed by atoms with E-state index in [-0.39, 0.29) is 23.0 Å². The molecule has 7 nitrogen and oxygen atoms in total. The second kappa shape index (κ2) is 10.5. The third-order valence-electron chi connectivity index (χ3n) is 4.84. The molecule has 32 heavy (non-hydrogen) atoms. The van der Waals surface area contributed by atoms with E-state index >= 15 is 0 Å². The first-order valence-corrected chi connectivity index (χ1v) is 11.9. The lowest BCUT2D eigenvalue weighted by Crippen LogP contribution is -2.23. The van der Waals surface area contributed by atoms with Crippen molar-refractivity contribution in [3.05, 3.63) is 60.7 Å². The molecule has 0 aliphatic carbocycles. The molecule has 0 heterocycles. The summed E-state index contributed by atoms with van der Waals surface area (Å²) in [7, 11) is -0.819. The van der Waals surface area contributed by atoms with Gasteiger partial charge in [0.2, 0.25) is 15.9 Å². The van der Waals surface area contributed by atoms with Crippen molar-refractivity contribution in [1.29, 1.82) is 0 Å². The van der Waals surface area contributed by atoms with Crippen molar-refractivity contribution in [3.63, 3.8) is 0 Å². The number of ether oxygens (including phenoxy) is 2. The fraction of sp³-hybridized carbons (Fsp3) is 0.292. The van der Waals surface area contributed by atoms with Gasteiger partial charge in [0.1, 0.15) is 16.4 Å². The highest BCUT2D eigenvalue weighted by atomic mass is 32.2. The molecule has 0 saturated carbocycles. The van der Waals surface area contributed by atoms with Crippen LogP contribution in [0.15, 0.2) is 65.6 Å². The third kappa shape index (κ3) is 5.57. The van der Waals surface area contributed by atoms with Gasteiger partial charge in [-0.05, 0) is 43.0 Å². The number of nitrogens with zero attached hydrogens (tertiary/aromatic N) is 1. The van der Waals surface area contributed by atoms with Gasteiger partial charge in [0.25, 0.3) is 0 Å². The molecule has 3 aromatic rings. The smallest absolute Gasteiger partial charge is 0.246 e. The van der Waals surface area contributed by atoms with Gasteiger partial charge in [-0.25, -0.2) is 12.7 Å². The molecular formula is C24H28N2O5S. The van der Waals surface area contributed by atoms with Crippen LogP contribution < -0.4 is 14.8 Å². The van der Waals surface area contributed by atoms with E-state index in [2.05, 4.69) is 5.32 Å². The molecule has 0 aliphatic heterocycles. The maximum absolute atomic E-state index is 12.6. The number of benzene rings is 3. The van der Waals surface area contributed by atoms with Crippen LogP contribution in [0.1, 0.15) is 19.8 Å². The predicted octanol–water partition coefficient (Wildman–Crippen LogP) is 4.29. The molecule has 3 rings (SSSR count). The van der Waals surface area contributed by atoms with Gasteiger partial charge in [0.05, 0.1) is 13.2 Å². The zero-order valence-corrected chi connectivity index (χ0v) is 19.3.